The van der Waals surface area contributed by atoms with E-state index in [4.69, 9.17) is 42.1 Å². The van der Waals surface area contributed by atoms with Crippen molar-refractivity contribution in [3.63, 3.8) is 0 Å². The topological polar surface area (TPSA) is 112 Å². The summed E-state index contributed by atoms with van der Waals surface area (Å²) in [6.07, 6.45) is -0.313. The molecule has 10 nitrogen and oxygen atoms in total. The van der Waals surface area contributed by atoms with Gasteiger partial charge in [-0.2, -0.15) is 0 Å². The van der Waals surface area contributed by atoms with Crippen LogP contribution in [0.5, 0.6) is 11.5 Å². The van der Waals surface area contributed by atoms with E-state index in [1.165, 1.54) is 23.3 Å². The Morgan fingerprint density at radius 2 is 2.05 bits per heavy atom. The van der Waals surface area contributed by atoms with Crippen LogP contribution in [0.4, 0.5) is 4.79 Å². The maximum atomic E-state index is 12.6. The fourth-order valence-electron chi connectivity index (χ4n) is 4.35. The molecular weight excluding hydrogens is 581 g/mol. The number of hydrogen-bond acceptors (Lipinski definition) is 8. The number of fused-ring (bicyclic) bond motifs is 1. The first-order valence-corrected chi connectivity index (χ1v) is 13.8. The second kappa shape index (κ2) is 11.9. The van der Waals surface area contributed by atoms with Crippen molar-refractivity contribution >= 4 is 57.6 Å². The van der Waals surface area contributed by atoms with Crippen LogP contribution in [0.15, 0.2) is 48.8 Å². The van der Waals surface area contributed by atoms with Crippen LogP contribution in [0, 0.1) is 0 Å². The third-order valence-corrected chi connectivity index (χ3v) is 8.11. The van der Waals surface area contributed by atoms with Crippen molar-refractivity contribution in [3.8, 4) is 16.5 Å². The molecule has 0 radical (unpaired) electrons. The lowest BCUT2D eigenvalue weighted by molar-refractivity contribution is -0.0412. The van der Waals surface area contributed by atoms with Gasteiger partial charge in [0.15, 0.2) is 4.88 Å². The van der Waals surface area contributed by atoms with E-state index in [9.17, 15) is 14.7 Å². The van der Waals surface area contributed by atoms with E-state index >= 15 is 0 Å². The van der Waals surface area contributed by atoms with E-state index in [0.29, 0.717) is 55.7 Å². The number of thiophene rings is 1. The minimum absolute atomic E-state index is 0.132. The highest BCUT2D eigenvalue weighted by molar-refractivity contribution is 7.16. The number of aromatic nitrogens is 2. The average Bonchev–Trinajstić information content (AvgIpc) is 3.55. The molecule has 13 heteroatoms. The fraction of sp³-hybridized carbons (Fsp3) is 0.296. The molecule has 4 aromatic rings. The van der Waals surface area contributed by atoms with Crippen molar-refractivity contribution in [2.45, 2.75) is 19.1 Å². The zero-order valence-electron chi connectivity index (χ0n) is 21.5. The smallest absolute Gasteiger partial charge is 0.407 e. The van der Waals surface area contributed by atoms with Crippen molar-refractivity contribution in [3.05, 3.63) is 69.3 Å². The highest BCUT2D eigenvalue weighted by atomic mass is 35.5. The Hall–Kier alpha value is -3.51. The molecule has 1 fully saturated rings. The molecule has 0 spiro atoms. The number of benzene rings is 2. The molecule has 40 heavy (non-hydrogen) atoms. The molecule has 0 bridgehead atoms. The van der Waals surface area contributed by atoms with Gasteiger partial charge in [0.25, 0.3) is 0 Å². The van der Waals surface area contributed by atoms with Crippen LogP contribution >= 0.6 is 34.5 Å². The second-order valence-electron chi connectivity index (χ2n) is 8.97. The van der Waals surface area contributed by atoms with Gasteiger partial charge in [-0.3, -0.25) is 4.57 Å². The monoisotopic (exact) mass is 605 g/mol. The van der Waals surface area contributed by atoms with Crippen LogP contribution in [0.1, 0.15) is 28.3 Å². The number of morpholine rings is 1. The standard InChI is InChI=1S/C27H25Cl2N3O7S/c1-15(18-4-3-5-21(24(18)29)38-13-17-12-31(27(34)35)8-9-37-17)39-22-11-23(40-25(22)26(33)36-2)32-14-30-19-10-16(28)6-7-20(19)32/h3-7,10-11,14-15,17H,8-9,12-13H2,1-2H3,(H,34,35)/t15-,17?/m1/s1. The minimum Gasteiger partial charge on any atom is -0.489 e. The Morgan fingerprint density at radius 3 is 2.83 bits per heavy atom. The van der Waals surface area contributed by atoms with E-state index in [0.717, 1.165) is 5.52 Å². The van der Waals surface area contributed by atoms with E-state index in [2.05, 4.69) is 4.98 Å². The van der Waals surface area contributed by atoms with Gasteiger partial charge in [0.1, 0.15) is 41.6 Å². The third-order valence-electron chi connectivity index (χ3n) is 6.37. The van der Waals surface area contributed by atoms with Crippen LogP contribution in [0.2, 0.25) is 10.0 Å². The highest BCUT2D eigenvalue weighted by Gasteiger charge is 2.26. The molecule has 2 aromatic carbocycles. The molecule has 5 rings (SSSR count). The quantitative estimate of drug-likeness (QED) is 0.240. The predicted octanol–water partition coefficient (Wildman–Crippen LogP) is 6.08. The zero-order valence-corrected chi connectivity index (χ0v) is 23.8. The minimum atomic E-state index is -0.993. The number of imidazole rings is 1. The zero-order chi connectivity index (χ0) is 28.4. The molecule has 1 saturated heterocycles. The molecule has 0 saturated carbocycles. The van der Waals surface area contributed by atoms with Crippen LogP contribution in [-0.2, 0) is 9.47 Å². The lowest BCUT2D eigenvalue weighted by Crippen LogP contribution is -2.47. The van der Waals surface area contributed by atoms with Gasteiger partial charge in [-0.25, -0.2) is 14.6 Å². The van der Waals surface area contributed by atoms with Gasteiger partial charge in [0, 0.05) is 23.2 Å². The molecular formula is C27H25Cl2N3O7S. The van der Waals surface area contributed by atoms with E-state index < -0.39 is 24.3 Å². The molecule has 1 N–H and O–H groups in total. The third kappa shape index (κ3) is 5.83. The number of hydrogen-bond donors (Lipinski definition) is 1. The molecule has 3 heterocycles. The van der Waals surface area contributed by atoms with Crippen molar-refractivity contribution in [1.29, 1.82) is 0 Å². The summed E-state index contributed by atoms with van der Waals surface area (Å²) < 4.78 is 24.6. The number of ether oxygens (including phenoxy) is 4. The number of nitrogens with zero attached hydrogens (tertiary/aromatic N) is 3. The number of amides is 1. The highest BCUT2D eigenvalue weighted by Crippen LogP contribution is 2.39. The van der Waals surface area contributed by atoms with E-state index in [1.54, 1.807) is 42.7 Å². The average molecular weight is 606 g/mol. The number of halogens is 2. The largest absolute Gasteiger partial charge is 0.489 e. The molecule has 1 aliphatic heterocycles. The Balaban J connectivity index is 1.36. The maximum Gasteiger partial charge on any atom is 0.407 e. The number of carbonyl (C=O) groups excluding carboxylic acids is 1. The van der Waals surface area contributed by atoms with Crippen LogP contribution in [-0.4, -0.2) is 71.1 Å². The van der Waals surface area contributed by atoms with Crippen molar-refractivity contribution < 1.29 is 33.6 Å². The Bertz CT molecular complexity index is 1560. The summed E-state index contributed by atoms with van der Waals surface area (Å²) in [7, 11) is 1.31. The molecule has 1 amide bonds. The van der Waals surface area contributed by atoms with Gasteiger partial charge in [-0.05, 0) is 31.2 Å². The Morgan fingerprint density at radius 1 is 1.23 bits per heavy atom. The number of carboxylic acid groups (broad SMARTS) is 1. The summed E-state index contributed by atoms with van der Waals surface area (Å²) >= 11 is 14.0. The SMILES string of the molecule is COC(=O)c1sc(-n2cnc3cc(Cl)ccc32)cc1O[C@H](C)c1cccc(OCC2CN(C(=O)O)CCO2)c1Cl. The number of esters is 1. The Kier molecular flexibility index (Phi) is 8.36. The molecule has 1 aliphatic rings. The normalized spacial score (nSPS) is 16.1. The predicted molar refractivity (Wildman–Crippen MR) is 151 cm³/mol. The van der Waals surface area contributed by atoms with E-state index in [-0.39, 0.29) is 13.2 Å². The van der Waals surface area contributed by atoms with Gasteiger partial charge in [0.2, 0.25) is 0 Å². The molecule has 2 atom stereocenters. The summed E-state index contributed by atoms with van der Waals surface area (Å²) in [6, 6.07) is 12.5. The molecule has 1 unspecified atom stereocenters. The lowest BCUT2D eigenvalue weighted by Gasteiger charge is -2.31. The lowest BCUT2D eigenvalue weighted by atomic mass is 10.1. The fourth-order valence-corrected chi connectivity index (χ4v) is 5.84. The van der Waals surface area contributed by atoms with Crippen LogP contribution < -0.4 is 9.47 Å². The maximum absolute atomic E-state index is 12.6. The summed E-state index contributed by atoms with van der Waals surface area (Å²) in [5.74, 6) is 0.215. The van der Waals surface area contributed by atoms with Gasteiger partial charge >= 0.3 is 12.1 Å². The Labute approximate surface area is 243 Å². The first kappa shape index (κ1) is 28.0. The second-order valence-corrected chi connectivity index (χ2v) is 10.8. The summed E-state index contributed by atoms with van der Waals surface area (Å²) in [5, 5.41) is 10.9. The van der Waals surface area contributed by atoms with Crippen molar-refractivity contribution in [2.24, 2.45) is 0 Å². The molecule has 2 aromatic heterocycles. The molecule has 0 aliphatic carbocycles. The number of carbonyl (C=O) groups is 2. The summed E-state index contributed by atoms with van der Waals surface area (Å²) in [4.78, 5) is 29.9. The van der Waals surface area contributed by atoms with Gasteiger partial charge in [-0.1, -0.05) is 35.3 Å². The van der Waals surface area contributed by atoms with Crippen molar-refractivity contribution in [2.75, 3.05) is 33.4 Å². The van der Waals surface area contributed by atoms with Gasteiger partial charge in [-0.15, -0.1) is 11.3 Å². The first-order chi connectivity index (χ1) is 19.2. The van der Waals surface area contributed by atoms with Gasteiger partial charge < -0.3 is 29.0 Å². The summed E-state index contributed by atoms with van der Waals surface area (Å²) in [6.45, 7) is 2.77. The van der Waals surface area contributed by atoms with Crippen LogP contribution in [0.25, 0.3) is 16.0 Å². The van der Waals surface area contributed by atoms with E-state index in [1.807, 2.05) is 17.6 Å². The van der Waals surface area contributed by atoms with Crippen LogP contribution in [0.3, 0.4) is 0 Å². The van der Waals surface area contributed by atoms with Crippen molar-refractivity contribution in [1.82, 2.24) is 14.5 Å². The van der Waals surface area contributed by atoms with Gasteiger partial charge in [0.05, 0.1) is 36.3 Å². The summed E-state index contributed by atoms with van der Waals surface area (Å²) in [5.41, 5.74) is 2.18. The number of methoxy groups -OCH3 is 1. The first-order valence-electron chi connectivity index (χ1n) is 12.3. The molecule has 210 valence electrons. The number of rotatable bonds is 8.